The van der Waals surface area contributed by atoms with Gasteiger partial charge in [0.1, 0.15) is 5.75 Å². The van der Waals surface area contributed by atoms with E-state index in [9.17, 15) is 4.79 Å². The summed E-state index contributed by atoms with van der Waals surface area (Å²) in [7, 11) is 0. The van der Waals surface area contributed by atoms with E-state index in [2.05, 4.69) is 6.07 Å². The van der Waals surface area contributed by atoms with Gasteiger partial charge in [-0.1, -0.05) is 48.5 Å². The van der Waals surface area contributed by atoms with Gasteiger partial charge in [0.25, 0.3) is 0 Å². The smallest absolute Gasteiger partial charge is 0.308 e. The van der Waals surface area contributed by atoms with Gasteiger partial charge in [-0.05, 0) is 16.8 Å². The third-order valence-electron chi connectivity index (χ3n) is 2.97. The maximum Gasteiger partial charge on any atom is 0.308 e. The van der Waals surface area contributed by atoms with Crippen molar-refractivity contribution in [2.45, 2.75) is 6.92 Å². The molecule has 0 aliphatic heterocycles. The number of esters is 1. The van der Waals surface area contributed by atoms with Gasteiger partial charge >= 0.3 is 5.97 Å². The summed E-state index contributed by atoms with van der Waals surface area (Å²) in [5.41, 5.74) is 0. The summed E-state index contributed by atoms with van der Waals surface area (Å²) in [6.07, 6.45) is 0. The van der Waals surface area contributed by atoms with Crippen LogP contribution in [0, 0.1) is 0 Å². The largest absolute Gasteiger partial charge is 0.425 e. The number of rotatable bonds is 1. The van der Waals surface area contributed by atoms with Crippen molar-refractivity contribution < 1.29 is 9.53 Å². The van der Waals surface area contributed by atoms with E-state index in [1.165, 1.54) is 6.92 Å². The van der Waals surface area contributed by atoms with Crippen molar-refractivity contribution in [1.29, 1.82) is 0 Å². The molecule has 0 saturated heterocycles. The Morgan fingerprint density at radius 1 is 0.889 bits per heavy atom. The summed E-state index contributed by atoms with van der Waals surface area (Å²) in [6, 6.07) is 18.0. The Morgan fingerprint density at radius 2 is 1.39 bits per heavy atom. The molecule has 0 unspecified atom stereocenters. The van der Waals surface area contributed by atoms with Crippen molar-refractivity contribution in [2.75, 3.05) is 0 Å². The molecule has 0 radical (unpaired) electrons. The van der Waals surface area contributed by atoms with E-state index >= 15 is 0 Å². The van der Waals surface area contributed by atoms with Crippen LogP contribution >= 0.6 is 0 Å². The van der Waals surface area contributed by atoms with Crippen LogP contribution in [0.3, 0.4) is 0 Å². The summed E-state index contributed by atoms with van der Waals surface area (Å²) in [5.74, 6) is 0.354. The fraction of sp³-hybridized carbons (Fsp3) is 0.0625. The Hall–Kier alpha value is -2.35. The topological polar surface area (TPSA) is 26.3 Å². The Balaban J connectivity index is 2.45. The fourth-order valence-corrected chi connectivity index (χ4v) is 2.23. The van der Waals surface area contributed by atoms with Gasteiger partial charge < -0.3 is 4.74 Å². The molecular weight excluding hydrogens is 224 g/mol. The second kappa shape index (κ2) is 4.15. The molecule has 2 heteroatoms. The molecule has 88 valence electrons. The zero-order valence-corrected chi connectivity index (χ0v) is 10.0. The molecule has 3 rings (SSSR count). The van der Waals surface area contributed by atoms with Crippen LogP contribution in [0.4, 0.5) is 0 Å². The lowest BCUT2D eigenvalue weighted by Crippen LogP contribution is -2.02. The first-order valence-electron chi connectivity index (χ1n) is 5.84. The maximum atomic E-state index is 11.3. The van der Waals surface area contributed by atoms with E-state index in [0.717, 1.165) is 21.5 Å². The summed E-state index contributed by atoms with van der Waals surface area (Å²) in [5, 5.41) is 4.08. The van der Waals surface area contributed by atoms with Crippen LogP contribution in [0.5, 0.6) is 5.75 Å². The molecule has 0 bridgehead atoms. The van der Waals surface area contributed by atoms with Gasteiger partial charge in [0.2, 0.25) is 0 Å². The Bertz CT molecular complexity index is 690. The van der Waals surface area contributed by atoms with E-state index in [4.69, 9.17) is 4.74 Å². The number of hydrogen-bond donors (Lipinski definition) is 0. The van der Waals surface area contributed by atoms with Gasteiger partial charge in [0.05, 0.1) is 0 Å². The molecule has 18 heavy (non-hydrogen) atoms. The van der Waals surface area contributed by atoms with Gasteiger partial charge in [-0.3, -0.25) is 4.79 Å². The van der Waals surface area contributed by atoms with E-state index in [1.54, 1.807) is 0 Å². The molecule has 0 aliphatic carbocycles. The van der Waals surface area contributed by atoms with Crippen LogP contribution in [-0.2, 0) is 4.79 Å². The minimum absolute atomic E-state index is 0.295. The number of carbonyl (C=O) groups excluding carboxylic acids is 1. The molecule has 0 saturated carbocycles. The summed E-state index contributed by atoms with van der Waals surface area (Å²) in [6.45, 7) is 1.43. The fourth-order valence-electron chi connectivity index (χ4n) is 2.23. The number of carbonyl (C=O) groups is 1. The lowest BCUT2D eigenvalue weighted by molar-refractivity contribution is -0.131. The average Bonchev–Trinajstić information content (AvgIpc) is 2.38. The Kier molecular flexibility index (Phi) is 2.49. The third kappa shape index (κ3) is 1.72. The first-order chi connectivity index (χ1) is 8.75. The minimum Gasteiger partial charge on any atom is -0.425 e. The van der Waals surface area contributed by atoms with Gasteiger partial charge in [-0.25, -0.2) is 0 Å². The van der Waals surface area contributed by atoms with E-state index in [0.29, 0.717) is 5.75 Å². The van der Waals surface area contributed by atoms with Gasteiger partial charge in [0, 0.05) is 17.7 Å². The van der Waals surface area contributed by atoms with Crippen LogP contribution < -0.4 is 4.74 Å². The quantitative estimate of drug-likeness (QED) is 0.363. The number of fused-ring (bicyclic) bond motifs is 2. The molecule has 0 heterocycles. The second-order valence-electron chi connectivity index (χ2n) is 4.24. The SMILES string of the molecule is CC(=O)Oc1c2ccccc2cc2ccccc12. The second-order valence-corrected chi connectivity index (χ2v) is 4.24. The van der Waals surface area contributed by atoms with Crippen LogP contribution in [0.15, 0.2) is 54.6 Å². The highest BCUT2D eigenvalue weighted by molar-refractivity contribution is 6.06. The predicted octanol–water partition coefficient (Wildman–Crippen LogP) is 3.92. The molecule has 0 fully saturated rings. The van der Waals surface area contributed by atoms with Crippen LogP contribution in [-0.4, -0.2) is 5.97 Å². The van der Waals surface area contributed by atoms with Crippen molar-refractivity contribution in [3.63, 3.8) is 0 Å². The highest BCUT2D eigenvalue weighted by Crippen LogP contribution is 2.34. The molecule has 0 aliphatic rings. The van der Waals surface area contributed by atoms with E-state index < -0.39 is 0 Å². The van der Waals surface area contributed by atoms with E-state index in [1.807, 2.05) is 48.5 Å². The van der Waals surface area contributed by atoms with Crippen molar-refractivity contribution in [1.82, 2.24) is 0 Å². The van der Waals surface area contributed by atoms with Crippen LogP contribution in [0.2, 0.25) is 0 Å². The third-order valence-corrected chi connectivity index (χ3v) is 2.97. The minimum atomic E-state index is -0.295. The predicted molar refractivity (Wildman–Crippen MR) is 72.8 cm³/mol. The summed E-state index contributed by atoms with van der Waals surface area (Å²) >= 11 is 0. The normalized spacial score (nSPS) is 10.7. The van der Waals surface area contributed by atoms with Gasteiger partial charge in [0.15, 0.2) is 0 Å². The average molecular weight is 236 g/mol. The van der Waals surface area contributed by atoms with Crippen molar-refractivity contribution in [3.8, 4) is 5.75 Å². The number of ether oxygens (including phenoxy) is 1. The van der Waals surface area contributed by atoms with Gasteiger partial charge in [-0.2, -0.15) is 0 Å². The number of hydrogen-bond acceptors (Lipinski definition) is 2. The molecular formula is C16H12O2. The zero-order valence-electron chi connectivity index (χ0n) is 10.0. The standard InChI is InChI=1S/C16H12O2/c1-11(17)18-16-14-8-4-2-6-12(14)10-13-7-3-5-9-15(13)16/h2-10H,1H3. The Morgan fingerprint density at radius 3 is 1.89 bits per heavy atom. The molecule has 0 N–H and O–H groups in total. The zero-order chi connectivity index (χ0) is 12.5. The number of benzene rings is 3. The molecule has 2 nitrogen and oxygen atoms in total. The monoisotopic (exact) mass is 236 g/mol. The molecule has 3 aromatic carbocycles. The van der Waals surface area contributed by atoms with Gasteiger partial charge in [-0.15, -0.1) is 0 Å². The highest BCUT2D eigenvalue weighted by atomic mass is 16.5. The molecule has 3 aromatic rings. The van der Waals surface area contributed by atoms with E-state index in [-0.39, 0.29) is 5.97 Å². The highest BCUT2D eigenvalue weighted by Gasteiger charge is 2.09. The van der Waals surface area contributed by atoms with Crippen LogP contribution in [0.25, 0.3) is 21.5 Å². The summed E-state index contributed by atoms with van der Waals surface area (Å²) in [4.78, 5) is 11.3. The molecule has 0 spiro atoms. The lowest BCUT2D eigenvalue weighted by atomic mass is 10.0. The molecule has 0 aromatic heterocycles. The van der Waals surface area contributed by atoms with Crippen molar-refractivity contribution in [3.05, 3.63) is 54.6 Å². The first kappa shape index (κ1) is 10.8. The van der Waals surface area contributed by atoms with Crippen LogP contribution in [0.1, 0.15) is 6.92 Å². The Labute approximate surface area is 105 Å². The molecule has 0 atom stereocenters. The van der Waals surface area contributed by atoms with Crippen molar-refractivity contribution in [2.24, 2.45) is 0 Å². The summed E-state index contributed by atoms with van der Waals surface area (Å²) < 4.78 is 5.40. The lowest BCUT2D eigenvalue weighted by Gasteiger charge is -2.10. The maximum absolute atomic E-state index is 11.3. The van der Waals surface area contributed by atoms with Crippen molar-refractivity contribution >= 4 is 27.5 Å². The molecule has 0 amide bonds. The first-order valence-corrected chi connectivity index (χ1v) is 5.84.